The molecule has 28 heavy (non-hydrogen) atoms. The molecule has 0 aromatic heterocycles. The summed E-state index contributed by atoms with van der Waals surface area (Å²) in [6, 6.07) is 27.6. The van der Waals surface area contributed by atoms with Crippen LogP contribution in [0.15, 0.2) is 94.1 Å². The molecule has 0 radical (unpaired) electrons. The highest BCUT2D eigenvalue weighted by molar-refractivity contribution is 6.00. The second kappa shape index (κ2) is 8.61. The van der Waals surface area contributed by atoms with Crippen molar-refractivity contribution in [2.75, 3.05) is 11.9 Å². The van der Waals surface area contributed by atoms with E-state index in [1.165, 1.54) is 16.7 Å². The Kier molecular flexibility index (Phi) is 5.57. The molecule has 1 aliphatic heterocycles. The number of rotatable bonds is 6. The van der Waals surface area contributed by atoms with Crippen molar-refractivity contribution < 1.29 is 0 Å². The first-order chi connectivity index (χ1) is 13.8. The van der Waals surface area contributed by atoms with Gasteiger partial charge < -0.3 is 5.32 Å². The lowest BCUT2D eigenvalue weighted by atomic mass is 10.0. The Morgan fingerprint density at radius 1 is 0.857 bits per heavy atom. The Balaban J connectivity index is 1.40. The zero-order chi connectivity index (χ0) is 19.2. The van der Waals surface area contributed by atoms with Crippen molar-refractivity contribution in [3.63, 3.8) is 0 Å². The molecule has 0 spiro atoms. The number of anilines is 1. The molecular weight excluding hydrogens is 344 g/mol. The molecule has 1 unspecified atom stereocenters. The van der Waals surface area contributed by atoms with Crippen LogP contribution in [0.2, 0.25) is 0 Å². The van der Waals surface area contributed by atoms with Crippen LogP contribution in [-0.4, -0.2) is 18.4 Å². The number of hydrogen-bond acceptors (Lipinski definition) is 4. The van der Waals surface area contributed by atoms with Gasteiger partial charge in [0.1, 0.15) is 0 Å². The summed E-state index contributed by atoms with van der Waals surface area (Å²) < 4.78 is 0. The largest absolute Gasteiger partial charge is 0.381 e. The molecule has 4 heteroatoms. The Labute approximate surface area is 166 Å². The highest BCUT2D eigenvalue weighted by atomic mass is 15.2. The van der Waals surface area contributed by atoms with Crippen LogP contribution in [0.4, 0.5) is 5.69 Å². The molecule has 3 aromatic carbocycles. The molecule has 1 heterocycles. The number of benzene rings is 3. The number of hydrogen-bond donors (Lipinski definition) is 1. The third kappa shape index (κ3) is 4.34. The molecule has 0 amide bonds. The molecule has 1 N–H and O–H groups in total. The first kappa shape index (κ1) is 18.1. The highest BCUT2D eigenvalue weighted by Crippen LogP contribution is 2.20. The minimum Gasteiger partial charge on any atom is -0.381 e. The van der Waals surface area contributed by atoms with E-state index in [-0.39, 0.29) is 6.04 Å². The van der Waals surface area contributed by atoms with Crippen LogP contribution in [-0.2, 0) is 6.54 Å². The second-order valence-corrected chi connectivity index (χ2v) is 6.94. The summed E-state index contributed by atoms with van der Waals surface area (Å²) >= 11 is 0. The summed E-state index contributed by atoms with van der Waals surface area (Å²) in [7, 11) is 0. The van der Waals surface area contributed by atoms with Gasteiger partial charge in [-0.05, 0) is 35.2 Å². The standard InChI is InChI=1S/C24H24N4/c1-2-22-17-26-24(28-27-22)21-9-6-10-23(15-21)25-16-18-11-13-20(14-12-18)19-7-4-3-5-8-19/h3-15,22,25H,2,16-17H2,1H3. The summed E-state index contributed by atoms with van der Waals surface area (Å²) in [4.78, 5) is 4.58. The van der Waals surface area contributed by atoms with E-state index in [4.69, 9.17) is 0 Å². The Hall–Kier alpha value is -3.27. The van der Waals surface area contributed by atoms with Crippen LogP contribution in [0.25, 0.3) is 11.1 Å². The van der Waals surface area contributed by atoms with E-state index in [1.54, 1.807) is 0 Å². The zero-order valence-corrected chi connectivity index (χ0v) is 16.0. The Morgan fingerprint density at radius 2 is 1.61 bits per heavy atom. The monoisotopic (exact) mass is 368 g/mol. The van der Waals surface area contributed by atoms with Crippen LogP contribution >= 0.6 is 0 Å². The van der Waals surface area contributed by atoms with Crippen LogP contribution < -0.4 is 5.32 Å². The predicted octanol–water partition coefficient (Wildman–Crippen LogP) is 5.96. The number of nitrogens with zero attached hydrogens (tertiary/aromatic N) is 3. The Morgan fingerprint density at radius 3 is 2.32 bits per heavy atom. The minimum atomic E-state index is 0.226. The summed E-state index contributed by atoms with van der Waals surface area (Å²) in [5.41, 5.74) is 5.77. The fourth-order valence-corrected chi connectivity index (χ4v) is 3.17. The van der Waals surface area contributed by atoms with Crippen molar-refractivity contribution in [2.24, 2.45) is 15.2 Å². The predicted molar refractivity (Wildman–Crippen MR) is 116 cm³/mol. The lowest BCUT2D eigenvalue weighted by Gasteiger charge is -2.13. The average Bonchev–Trinajstić information content (AvgIpc) is 2.79. The van der Waals surface area contributed by atoms with E-state index >= 15 is 0 Å². The smallest absolute Gasteiger partial charge is 0.176 e. The second-order valence-electron chi connectivity index (χ2n) is 6.94. The van der Waals surface area contributed by atoms with E-state index in [2.05, 4.69) is 88.1 Å². The third-order valence-electron chi connectivity index (χ3n) is 4.92. The van der Waals surface area contributed by atoms with E-state index in [0.717, 1.165) is 36.6 Å². The minimum absolute atomic E-state index is 0.226. The number of nitrogens with one attached hydrogen (secondary N) is 1. The molecule has 0 fully saturated rings. The zero-order valence-electron chi connectivity index (χ0n) is 16.0. The van der Waals surface area contributed by atoms with Gasteiger partial charge in [-0.15, -0.1) is 5.11 Å². The van der Waals surface area contributed by atoms with Gasteiger partial charge in [0.2, 0.25) is 0 Å². The molecule has 1 aliphatic rings. The quantitative estimate of drug-likeness (QED) is 0.573. The number of amidine groups is 1. The van der Waals surface area contributed by atoms with Crippen molar-refractivity contribution >= 4 is 11.5 Å². The van der Waals surface area contributed by atoms with Gasteiger partial charge >= 0.3 is 0 Å². The third-order valence-corrected chi connectivity index (χ3v) is 4.92. The molecule has 3 aromatic rings. The van der Waals surface area contributed by atoms with Crippen molar-refractivity contribution in [1.29, 1.82) is 0 Å². The van der Waals surface area contributed by atoms with Gasteiger partial charge in [0.15, 0.2) is 5.84 Å². The van der Waals surface area contributed by atoms with Gasteiger partial charge in [-0.1, -0.05) is 73.7 Å². The van der Waals surface area contributed by atoms with Crippen LogP contribution in [0.1, 0.15) is 24.5 Å². The van der Waals surface area contributed by atoms with Crippen LogP contribution in [0, 0.1) is 0 Å². The number of azo groups is 1. The summed E-state index contributed by atoms with van der Waals surface area (Å²) in [5, 5.41) is 12.1. The maximum absolute atomic E-state index is 4.58. The highest BCUT2D eigenvalue weighted by Gasteiger charge is 2.12. The summed E-state index contributed by atoms with van der Waals surface area (Å²) in [5.74, 6) is 0.723. The fourth-order valence-electron chi connectivity index (χ4n) is 3.17. The van der Waals surface area contributed by atoms with E-state index < -0.39 is 0 Å². The Bertz CT molecular complexity index is 975. The van der Waals surface area contributed by atoms with Gasteiger partial charge in [0, 0.05) is 17.8 Å². The summed E-state index contributed by atoms with van der Waals surface area (Å²) in [6.45, 7) is 3.60. The van der Waals surface area contributed by atoms with E-state index in [9.17, 15) is 0 Å². The number of aliphatic imine (C=N–C) groups is 1. The topological polar surface area (TPSA) is 49.1 Å². The normalized spacial score (nSPS) is 15.9. The molecule has 4 rings (SSSR count). The maximum atomic E-state index is 4.58. The van der Waals surface area contributed by atoms with Crippen LogP contribution in [0.3, 0.4) is 0 Å². The van der Waals surface area contributed by atoms with Gasteiger partial charge in [0.05, 0.1) is 12.6 Å². The molecule has 0 saturated heterocycles. The van der Waals surface area contributed by atoms with E-state index in [0.29, 0.717) is 0 Å². The molecule has 140 valence electrons. The van der Waals surface area contributed by atoms with Gasteiger partial charge in [-0.2, -0.15) is 5.11 Å². The maximum Gasteiger partial charge on any atom is 0.176 e. The molecule has 0 aliphatic carbocycles. The molecule has 4 nitrogen and oxygen atoms in total. The molecular formula is C24H24N4. The molecule has 1 atom stereocenters. The van der Waals surface area contributed by atoms with Crippen molar-refractivity contribution in [3.05, 3.63) is 90.0 Å². The van der Waals surface area contributed by atoms with Gasteiger partial charge in [-0.25, -0.2) is 0 Å². The lowest BCUT2D eigenvalue weighted by molar-refractivity contribution is 0.621. The van der Waals surface area contributed by atoms with Crippen molar-refractivity contribution in [3.8, 4) is 11.1 Å². The molecule has 0 saturated carbocycles. The van der Waals surface area contributed by atoms with E-state index in [1.807, 2.05) is 18.2 Å². The lowest BCUT2D eigenvalue weighted by Crippen LogP contribution is -2.14. The summed E-state index contributed by atoms with van der Waals surface area (Å²) in [6.07, 6.45) is 0.977. The fraction of sp³-hybridized carbons (Fsp3) is 0.208. The first-order valence-electron chi connectivity index (χ1n) is 9.76. The van der Waals surface area contributed by atoms with Crippen molar-refractivity contribution in [1.82, 2.24) is 0 Å². The average molecular weight is 368 g/mol. The first-order valence-corrected chi connectivity index (χ1v) is 9.76. The van der Waals surface area contributed by atoms with Crippen molar-refractivity contribution in [2.45, 2.75) is 25.9 Å². The van der Waals surface area contributed by atoms with Gasteiger partial charge in [0.25, 0.3) is 0 Å². The van der Waals surface area contributed by atoms with Gasteiger partial charge in [-0.3, -0.25) is 4.99 Å². The SMILES string of the molecule is CCC1CN=C(c2cccc(NCc3ccc(-c4ccccc4)cc3)c2)N=N1. The van der Waals surface area contributed by atoms with Crippen LogP contribution in [0.5, 0.6) is 0 Å². The molecule has 0 bridgehead atoms.